The molecule has 0 fully saturated rings. The first kappa shape index (κ1) is 16.4. The highest BCUT2D eigenvalue weighted by Crippen LogP contribution is 2.41. The summed E-state index contributed by atoms with van der Waals surface area (Å²) in [4.78, 5) is 6.75. The number of rotatable bonds is 4. The molecule has 1 aliphatic heterocycles. The number of fused-ring (bicyclic) bond motifs is 1. The first-order chi connectivity index (χ1) is 12.7. The summed E-state index contributed by atoms with van der Waals surface area (Å²) in [5, 5.41) is 4.08. The SMILES string of the molecule is COc1cc2c(cc1-c1c(C)noc1C)C=CCN2Cc1ccccn1. The highest BCUT2D eigenvalue weighted by molar-refractivity contribution is 5.83. The molecular weight excluding hydrogens is 326 g/mol. The summed E-state index contributed by atoms with van der Waals surface area (Å²) < 4.78 is 11.1. The molecule has 0 N–H and O–H groups in total. The first-order valence-electron chi connectivity index (χ1n) is 8.64. The zero-order valence-corrected chi connectivity index (χ0v) is 15.2. The van der Waals surface area contributed by atoms with Gasteiger partial charge in [0.15, 0.2) is 0 Å². The number of anilines is 1. The number of nitrogens with zero attached hydrogens (tertiary/aromatic N) is 3. The number of hydrogen-bond acceptors (Lipinski definition) is 5. The Morgan fingerprint density at radius 1 is 1.23 bits per heavy atom. The standard InChI is InChI=1S/C21H21N3O2/c1-14-21(15(2)26-23-14)18-11-16-7-6-10-24(19(16)12-20(18)25-3)13-17-8-4-5-9-22-17/h4-9,11-12H,10,13H2,1-3H3. The molecule has 4 rings (SSSR count). The molecule has 26 heavy (non-hydrogen) atoms. The van der Waals surface area contributed by atoms with Gasteiger partial charge in [-0.2, -0.15) is 0 Å². The molecule has 132 valence electrons. The van der Waals surface area contributed by atoms with Crippen LogP contribution >= 0.6 is 0 Å². The average molecular weight is 347 g/mol. The highest BCUT2D eigenvalue weighted by atomic mass is 16.5. The zero-order chi connectivity index (χ0) is 18.1. The van der Waals surface area contributed by atoms with Crippen LogP contribution in [-0.2, 0) is 6.54 Å². The van der Waals surface area contributed by atoms with Crippen LogP contribution in [0.15, 0.2) is 47.1 Å². The summed E-state index contributed by atoms with van der Waals surface area (Å²) >= 11 is 0. The Balaban J connectivity index is 1.78. The van der Waals surface area contributed by atoms with Crippen molar-refractivity contribution in [2.75, 3.05) is 18.6 Å². The second kappa shape index (κ2) is 6.67. The zero-order valence-electron chi connectivity index (χ0n) is 15.2. The smallest absolute Gasteiger partial charge is 0.141 e. The van der Waals surface area contributed by atoms with Crippen LogP contribution in [0.5, 0.6) is 5.75 Å². The van der Waals surface area contributed by atoms with Crippen molar-refractivity contribution in [1.82, 2.24) is 10.1 Å². The molecule has 0 bridgehead atoms. The molecule has 0 radical (unpaired) electrons. The fourth-order valence-corrected chi connectivity index (χ4v) is 3.47. The number of pyridine rings is 1. The van der Waals surface area contributed by atoms with Crippen molar-refractivity contribution in [3.8, 4) is 16.9 Å². The topological polar surface area (TPSA) is 51.4 Å². The van der Waals surface area contributed by atoms with E-state index in [0.717, 1.165) is 58.4 Å². The molecule has 0 spiro atoms. The van der Waals surface area contributed by atoms with E-state index in [1.807, 2.05) is 38.2 Å². The molecule has 2 aromatic heterocycles. The molecule has 1 aliphatic rings. The molecule has 3 heterocycles. The maximum Gasteiger partial charge on any atom is 0.141 e. The van der Waals surface area contributed by atoms with E-state index in [4.69, 9.17) is 9.26 Å². The number of hydrogen-bond donors (Lipinski definition) is 0. The summed E-state index contributed by atoms with van der Waals surface area (Å²) in [5.41, 5.74) is 6.22. The third-order valence-corrected chi connectivity index (χ3v) is 4.69. The van der Waals surface area contributed by atoms with Gasteiger partial charge in [-0.15, -0.1) is 0 Å². The third kappa shape index (κ3) is 2.86. The quantitative estimate of drug-likeness (QED) is 0.700. The van der Waals surface area contributed by atoms with Crippen molar-refractivity contribution < 1.29 is 9.26 Å². The fourth-order valence-electron chi connectivity index (χ4n) is 3.47. The number of aryl methyl sites for hydroxylation is 2. The van der Waals surface area contributed by atoms with Crippen LogP contribution in [0.4, 0.5) is 5.69 Å². The van der Waals surface area contributed by atoms with E-state index < -0.39 is 0 Å². The Hall–Kier alpha value is -3.08. The van der Waals surface area contributed by atoms with E-state index in [-0.39, 0.29) is 0 Å². The summed E-state index contributed by atoms with van der Waals surface area (Å²) in [5.74, 6) is 1.62. The molecule has 1 aromatic carbocycles. The lowest BCUT2D eigenvalue weighted by Gasteiger charge is -2.29. The Kier molecular flexibility index (Phi) is 4.21. The van der Waals surface area contributed by atoms with Crippen molar-refractivity contribution in [3.63, 3.8) is 0 Å². The van der Waals surface area contributed by atoms with Gasteiger partial charge in [-0.1, -0.05) is 23.4 Å². The van der Waals surface area contributed by atoms with Crippen molar-refractivity contribution in [2.45, 2.75) is 20.4 Å². The summed E-state index contributed by atoms with van der Waals surface area (Å²) in [7, 11) is 1.70. The monoisotopic (exact) mass is 347 g/mol. The molecule has 0 saturated heterocycles. The summed E-state index contributed by atoms with van der Waals surface area (Å²) in [6.07, 6.45) is 6.16. The van der Waals surface area contributed by atoms with Gasteiger partial charge in [0, 0.05) is 30.1 Å². The van der Waals surface area contributed by atoms with Crippen LogP contribution in [-0.4, -0.2) is 23.8 Å². The van der Waals surface area contributed by atoms with Crippen LogP contribution in [0, 0.1) is 13.8 Å². The summed E-state index contributed by atoms with van der Waals surface area (Å²) in [6.45, 7) is 5.48. The largest absolute Gasteiger partial charge is 0.496 e. The van der Waals surface area contributed by atoms with E-state index in [1.54, 1.807) is 7.11 Å². The molecule has 0 amide bonds. The van der Waals surface area contributed by atoms with Gasteiger partial charge < -0.3 is 14.2 Å². The number of methoxy groups -OCH3 is 1. The first-order valence-corrected chi connectivity index (χ1v) is 8.64. The lowest BCUT2D eigenvalue weighted by atomic mass is 9.97. The van der Waals surface area contributed by atoms with E-state index in [0.29, 0.717) is 0 Å². The Morgan fingerprint density at radius 2 is 2.12 bits per heavy atom. The van der Waals surface area contributed by atoms with Crippen LogP contribution in [0.3, 0.4) is 0 Å². The van der Waals surface area contributed by atoms with Crippen molar-refractivity contribution in [1.29, 1.82) is 0 Å². The van der Waals surface area contributed by atoms with Gasteiger partial charge in [-0.25, -0.2) is 0 Å². The third-order valence-electron chi connectivity index (χ3n) is 4.69. The van der Waals surface area contributed by atoms with Crippen LogP contribution < -0.4 is 9.64 Å². The van der Waals surface area contributed by atoms with Crippen molar-refractivity contribution in [2.24, 2.45) is 0 Å². The minimum Gasteiger partial charge on any atom is -0.496 e. The molecule has 0 saturated carbocycles. The van der Waals surface area contributed by atoms with E-state index in [9.17, 15) is 0 Å². The van der Waals surface area contributed by atoms with E-state index >= 15 is 0 Å². The Bertz CT molecular complexity index is 941. The average Bonchev–Trinajstić information content (AvgIpc) is 3.00. The van der Waals surface area contributed by atoms with Gasteiger partial charge >= 0.3 is 0 Å². The normalized spacial score (nSPS) is 13.0. The Morgan fingerprint density at radius 3 is 2.81 bits per heavy atom. The van der Waals surface area contributed by atoms with Gasteiger partial charge in [0.05, 0.1) is 30.6 Å². The van der Waals surface area contributed by atoms with Gasteiger partial charge in [0.2, 0.25) is 0 Å². The van der Waals surface area contributed by atoms with Gasteiger partial charge in [-0.05, 0) is 37.6 Å². The van der Waals surface area contributed by atoms with Crippen LogP contribution in [0.1, 0.15) is 22.7 Å². The van der Waals surface area contributed by atoms with Crippen LogP contribution in [0.2, 0.25) is 0 Å². The van der Waals surface area contributed by atoms with Gasteiger partial charge in [0.1, 0.15) is 11.5 Å². The molecule has 5 heteroatoms. The predicted molar refractivity (Wildman–Crippen MR) is 102 cm³/mol. The minimum atomic E-state index is 0.756. The number of benzene rings is 1. The maximum absolute atomic E-state index is 5.71. The molecular formula is C21H21N3O2. The second-order valence-electron chi connectivity index (χ2n) is 6.41. The minimum absolute atomic E-state index is 0.756. The van der Waals surface area contributed by atoms with Crippen molar-refractivity contribution >= 4 is 11.8 Å². The highest BCUT2D eigenvalue weighted by Gasteiger charge is 2.21. The summed E-state index contributed by atoms with van der Waals surface area (Å²) in [6, 6.07) is 10.3. The van der Waals surface area contributed by atoms with Gasteiger partial charge in [0.25, 0.3) is 0 Å². The lowest BCUT2D eigenvalue weighted by Crippen LogP contribution is -2.26. The molecule has 3 aromatic rings. The Labute approximate surface area is 152 Å². The molecule has 0 atom stereocenters. The molecule has 5 nitrogen and oxygen atoms in total. The van der Waals surface area contributed by atoms with Gasteiger partial charge in [-0.3, -0.25) is 4.98 Å². The van der Waals surface area contributed by atoms with Crippen molar-refractivity contribution in [3.05, 3.63) is 65.3 Å². The van der Waals surface area contributed by atoms with E-state index in [1.165, 1.54) is 0 Å². The molecule has 0 aliphatic carbocycles. The fraction of sp³-hybridized carbons (Fsp3) is 0.238. The lowest BCUT2D eigenvalue weighted by molar-refractivity contribution is 0.393. The van der Waals surface area contributed by atoms with E-state index in [2.05, 4.69) is 39.3 Å². The van der Waals surface area contributed by atoms with Crippen LogP contribution in [0.25, 0.3) is 17.2 Å². The predicted octanol–water partition coefficient (Wildman–Crippen LogP) is 4.40. The maximum atomic E-state index is 5.71. The number of ether oxygens (including phenoxy) is 1. The second-order valence-corrected chi connectivity index (χ2v) is 6.41. The molecule has 0 unspecified atom stereocenters. The number of aromatic nitrogens is 2.